The number of nitro benzene ring substituents is 1. The maximum atomic E-state index is 10.5. The SMILES string of the molecule is NC(=NCc1ccccc1)NN=Cc1ccc([N+](=O)[O-])cc1. The van der Waals surface area contributed by atoms with Gasteiger partial charge in [0.05, 0.1) is 17.7 Å². The van der Waals surface area contributed by atoms with Crippen molar-refractivity contribution in [1.29, 1.82) is 0 Å². The quantitative estimate of drug-likeness (QED) is 0.381. The van der Waals surface area contributed by atoms with E-state index in [2.05, 4.69) is 15.5 Å². The Kier molecular flexibility index (Phi) is 5.20. The molecule has 0 aliphatic carbocycles. The Bertz CT molecular complexity index is 681. The lowest BCUT2D eigenvalue weighted by Crippen LogP contribution is -2.27. The maximum absolute atomic E-state index is 10.5. The molecule has 0 fully saturated rings. The van der Waals surface area contributed by atoms with Crippen LogP contribution in [0.5, 0.6) is 0 Å². The lowest BCUT2D eigenvalue weighted by molar-refractivity contribution is -0.384. The molecule has 7 nitrogen and oxygen atoms in total. The summed E-state index contributed by atoms with van der Waals surface area (Å²) in [5, 5.41) is 14.5. The third-order valence-electron chi connectivity index (χ3n) is 2.77. The number of guanidine groups is 1. The van der Waals surface area contributed by atoms with Crippen LogP contribution in [0.25, 0.3) is 0 Å². The highest BCUT2D eigenvalue weighted by Gasteiger charge is 2.02. The zero-order chi connectivity index (χ0) is 15.8. The molecule has 2 aromatic carbocycles. The van der Waals surface area contributed by atoms with Crippen LogP contribution < -0.4 is 11.2 Å². The van der Waals surface area contributed by atoms with Crippen molar-refractivity contribution in [3.63, 3.8) is 0 Å². The number of nitro groups is 1. The topological polar surface area (TPSA) is 106 Å². The van der Waals surface area contributed by atoms with Crippen LogP contribution in [0.3, 0.4) is 0 Å². The van der Waals surface area contributed by atoms with Gasteiger partial charge in [0.25, 0.3) is 5.69 Å². The molecule has 0 unspecified atom stereocenters. The Morgan fingerprint density at radius 1 is 1.18 bits per heavy atom. The standard InChI is InChI=1S/C15H15N5O2/c16-15(17-10-12-4-2-1-3-5-12)19-18-11-13-6-8-14(9-7-13)20(21)22/h1-9,11H,10H2,(H3,16,17,19). The van der Waals surface area contributed by atoms with Crippen LogP contribution in [-0.2, 0) is 6.54 Å². The first kappa shape index (κ1) is 15.2. The number of benzene rings is 2. The van der Waals surface area contributed by atoms with Crippen molar-refractivity contribution in [3.8, 4) is 0 Å². The Balaban J connectivity index is 1.87. The summed E-state index contributed by atoms with van der Waals surface area (Å²) in [6.07, 6.45) is 1.51. The molecule has 2 aromatic rings. The van der Waals surface area contributed by atoms with Gasteiger partial charge in [0.15, 0.2) is 0 Å². The van der Waals surface area contributed by atoms with E-state index in [1.165, 1.54) is 18.3 Å². The van der Waals surface area contributed by atoms with Crippen LogP contribution >= 0.6 is 0 Å². The average Bonchev–Trinajstić information content (AvgIpc) is 2.54. The van der Waals surface area contributed by atoms with E-state index in [1.807, 2.05) is 30.3 Å². The van der Waals surface area contributed by atoms with Crippen LogP contribution in [0, 0.1) is 10.1 Å². The third kappa shape index (κ3) is 4.71. The molecular formula is C15H15N5O2. The van der Waals surface area contributed by atoms with E-state index < -0.39 is 4.92 Å². The van der Waals surface area contributed by atoms with E-state index >= 15 is 0 Å². The molecule has 112 valence electrons. The summed E-state index contributed by atoms with van der Waals surface area (Å²) in [6, 6.07) is 15.7. The third-order valence-corrected chi connectivity index (χ3v) is 2.77. The van der Waals surface area contributed by atoms with Crippen LogP contribution in [0.2, 0.25) is 0 Å². The first-order valence-electron chi connectivity index (χ1n) is 6.52. The van der Waals surface area contributed by atoms with E-state index in [4.69, 9.17) is 5.73 Å². The molecular weight excluding hydrogens is 282 g/mol. The number of rotatable bonds is 5. The highest BCUT2D eigenvalue weighted by Crippen LogP contribution is 2.10. The molecule has 7 heteroatoms. The van der Waals surface area contributed by atoms with E-state index in [1.54, 1.807) is 12.1 Å². The van der Waals surface area contributed by atoms with Gasteiger partial charge in [0.2, 0.25) is 5.96 Å². The van der Waals surface area contributed by atoms with Gasteiger partial charge in [-0.1, -0.05) is 30.3 Å². The zero-order valence-electron chi connectivity index (χ0n) is 11.7. The van der Waals surface area contributed by atoms with Gasteiger partial charge in [0, 0.05) is 12.1 Å². The number of nitrogens with two attached hydrogens (primary N) is 1. The van der Waals surface area contributed by atoms with Crippen molar-refractivity contribution in [2.24, 2.45) is 15.8 Å². The van der Waals surface area contributed by atoms with Gasteiger partial charge >= 0.3 is 0 Å². The first-order valence-corrected chi connectivity index (χ1v) is 6.52. The van der Waals surface area contributed by atoms with Crippen molar-refractivity contribution >= 4 is 17.9 Å². The molecule has 2 rings (SSSR count). The molecule has 0 amide bonds. The summed E-state index contributed by atoms with van der Waals surface area (Å²) in [6.45, 7) is 0.465. The smallest absolute Gasteiger partial charge is 0.269 e. The first-order chi connectivity index (χ1) is 10.6. The minimum absolute atomic E-state index is 0.0362. The summed E-state index contributed by atoms with van der Waals surface area (Å²) in [4.78, 5) is 14.2. The second-order valence-electron chi connectivity index (χ2n) is 4.41. The fraction of sp³-hybridized carbons (Fsp3) is 0.0667. The molecule has 0 saturated carbocycles. The number of aliphatic imine (C=N–C) groups is 1. The molecule has 22 heavy (non-hydrogen) atoms. The van der Waals surface area contributed by atoms with Gasteiger partial charge in [-0.15, -0.1) is 0 Å². The molecule has 0 aliphatic heterocycles. The average molecular weight is 297 g/mol. The number of hydrogen-bond donors (Lipinski definition) is 2. The number of hydrazone groups is 1. The normalized spacial score (nSPS) is 11.5. The number of hydrogen-bond acceptors (Lipinski definition) is 4. The van der Waals surface area contributed by atoms with Crippen LogP contribution in [0.1, 0.15) is 11.1 Å². The summed E-state index contributed by atoms with van der Waals surface area (Å²) in [5.74, 6) is 0.196. The van der Waals surface area contributed by atoms with Crippen LogP contribution in [0.4, 0.5) is 5.69 Å². The van der Waals surface area contributed by atoms with Crippen molar-refractivity contribution in [3.05, 3.63) is 75.8 Å². The Morgan fingerprint density at radius 2 is 1.86 bits per heavy atom. The Labute approximate surface area is 127 Å². The van der Waals surface area contributed by atoms with E-state index in [0.717, 1.165) is 5.56 Å². The molecule has 0 heterocycles. The summed E-state index contributed by atoms with van der Waals surface area (Å²) < 4.78 is 0. The number of nitrogens with zero attached hydrogens (tertiary/aromatic N) is 3. The zero-order valence-corrected chi connectivity index (χ0v) is 11.7. The van der Waals surface area contributed by atoms with E-state index in [-0.39, 0.29) is 11.6 Å². The van der Waals surface area contributed by atoms with Crippen LogP contribution in [0.15, 0.2) is 64.7 Å². The van der Waals surface area contributed by atoms with Crippen molar-refractivity contribution < 1.29 is 4.92 Å². The van der Waals surface area contributed by atoms with Crippen LogP contribution in [-0.4, -0.2) is 17.1 Å². The summed E-state index contributed by atoms with van der Waals surface area (Å²) in [7, 11) is 0. The molecule has 0 aromatic heterocycles. The number of nitrogens with one attached hydrogen (secondary N) is 1. The fourth-order valence-electron chi connectivity index (χ4n) is 1.65. The Morgan fingerprint density at radius 3 is 2.50 bits per heavy atom. The number of non-ortho nitro benzene ring substituents is 1. The summed E-state index contributed by atoms with van der Waals surface area (Å²) in [5.41, 5.74) is 10.1. The molecule has 0 atom stereocenters. The highest BCUT2D eigenvalue weighted by molar-refractivity contribution is 5.83. The predicted molar refractivity (Wildman–Crippen MR) is 85.6 cm³/mol. The Hall–Kier alpha value is -3.22. The molecule has 0 radical (unpaired) electrons. The van der Waals surface area contributed by atoms with Gasteiger partial charge in [-0.2, -0.15) is 5.10 Å². The highest BCUT2D eigenvalue weighted by atomic mass is 16.6. The second kappa shape index (κ2) is 7.53. The van der Waals surface area contributed by atoms with Gasteiger partial charge in [-0.3, -0.25) is 10.1 Å². The molecule has 0 aliphatic rings. The van der Waals surface area contributed by atoms with Gasteiger partial charge < -0.3 is 5.73 Å². The van der Waals surface area contributed by atoms with Crippen molar-refractivity contribution in [2.75, 3.05) is 0 Å². The van der Waals surface area contributed by atoms with Gasteiger partial charge in [0.1, 0.15) is 0 Å². The van der Waals surface area contributed by atoms with E-state index in [0.29, 0.717) is 12.1 Å². The van der Waals surface area contributed by atoms with Crippen molar-refractivity contribution in [1.82, 2.24) is 5.43 Å². The maximum Gasteiger partial charge on any atom is 0.269 e. The molecule has 0 spiro atoms. The monoisotopic (exact) mass is 297 g/mol. The second-order valence-corrected chi connectivity index (χ2v) is 4.41. The van der Waals surface area contributed by atoms with Gasteiger partial charge in [-0.05, 0) is 23.3 Å². The van der Waals surface area contributed by atoms with Gasteiger partial charge in [-0.25, -0.2) is 10.4 Å². The predicted octanol–water partition coefficient (Wildman–Crippen LogP) is 2.03. The van der Waals surface area contributed by atoms with Crippen molar-refractivity contribution in [2.45, 2.75) is 6.54 Å². The summed E-state index contributed by atoms with van der Waals surface area (Å²) >= 11 is 0. The minimum atomic E-state index is -0.451. The molecule has 3 N–H and O–H groups in total. The minimum Gasteiger partial charge on any atom is -0.369 e. The lowest BCUT2D eigenvalue weighted by Gasteiger charge is -2.00. The molecule has 0 saturated heterocycles. The molecule has 0 bridgehead atoms. The lowest BCUT2D eigenvalue weighted by atomic mass is 10.2. The fourth-order valence-corrected chi connectivity index (χ4v) is 1.65. The largest absolute Gasteiger partial charge is 0.369 e. The van der Waals surface area contributed by atoms with E-state index in [9.17, 15) is 10.1 Å².